The number of esters is 2. The molecule has 0 aliphatic rings. The lowest BCUT2D eigenvalue weighted by atomic mass is 10.2. The molecule has 0 spiro atoms. The van der Waals surface area contributed by atoms with Gasteiger partial charge in [0.25, 0.3) is 0 Å². The lowest BCUT2D eigenvalue weighted by molar-refractivity contribution is -0.207. The molecule has 0 bridgehead atoms. The van der Waals surface area contributed by atoms with Gasteiger partial charge in [0.2, 0.25) is 0 Å². The van der Waals surface area contributed by atoms with E-state index >= 15 is 0 Å². The molecule has 37 heavy (non-hydrogen) atoms. The SMILES string of the molecule is C=CC(=O)OOc1ccc(C(=O)Oc2ccc(C(=O)Oc3ccc(OCCCCCC)cc3)cc2)cc1. The topological polar surface area (TPSA) is 97.4 Å². The quantitative estimate of drug-likeness (QED) is 0.0687. The highest BCUT2D eigenvalue weighted by molar-refractivity contribution is 5.92. The van der Waals surface area contributed by atoms with Crippen molar-refractivity contribution in [2.45, 2.75) is 32.6 Å². The number of rotatable bonds is 13. The fourth-order valence-corrected chi connectivity index (χ4v) is 3.08. The van der Waals surface area contributed by atoms with E-state index in [9.17, 15) is 14.4 Å². The van der Waals surface area contributed by atoms with Crippen LogP contribution >= 0.6 is 0 Å². The van der Waals surface area contributed by atoms with Crippen molar-refractivity contribution in [2.24, 2.45) is 0 Å². The Kier molecular flexibility index (Phi) is 10.3. The van der Waals surface area contributed by atoms with Crippen molar-refractivity contribution in [2.75, 3.05) is 6.61 Å². The molecule has 0 saturated carbocycles. The van der Waals surface area contributed by atoms with Crippen LogP contribution in [0.15, 0.2) is 85.5 Å². The van der Waals surface area contributed by atoms with Gasteiger partial charge in [-0.05, 0) is 79.2 Å². The Labute approximate surface area is 215 Å². The third kappa shape index (κ3) is 8.85. The molecule has 0 unspecified atom stereocenters. The van der Waals surface area contributed by atoms with Crippen LogP contribution in [-0.2, 0) is 9.68 Å². The first-order valence-corrected chi connectivity index (χ1v) is 11.9. The molecular formula is C29H28O8. The summed E-state index contributed by atoms with van der Waals surface area (Å²) in [4.78, 5) is 45.1. The van der Waals surface area contributed by atoms with E-state index in [4.69, 9.17) is 19.1 Å². The summed E-state index contributed by atoms with van der Waals surface area (Å²) in [5.41, 5.74) is 0.547. The van der Waals surface area contributed by atoms with Crippen molar-refractivity contribution in [1.82, 2.24) is 0 Å². The highest BCUT2D eigenvalue weighted by Gasteiger charge is 2.12. The van der Waals surface area contributed by atoms with E-state index in [-0.39, 0.29) is 17.1 Å². The number of hydrogen-bond acceptors (Lipinski definition) is 8. The van der Waals surface area contributed by atoms with Crippen molar-refractivity contribution < 1.29 is 38.4 Å². The molecule has 3 aromatic rings. The highest BCUT2D eigenvalue weighted by atomic mass is 17.2. The van der Waals surface area contributed by atoms with Crippen molar-refractivity contribution in [1.29, 1.82) is 0 Å². The van der Waals surface area contributed by atoms with Gasteiger partial charge in [0.15, 0.2) is 5.75 Å². The van der Waals surface area contributed by atoms with E-state index in [1.54, 1.807) is 24.3 Å². The van der Waals surface area contributed by atoms with Crippen LogP contribution in [0, 0.1) is 0 Å². The summed E-state index contributed by atoms with van der Waals surface area (Å²) in [5.74, 6) is -0.309. The first-order valence-electron chi connectivity index (χ1n) is 11.9. The summed E-state index contributed by atoms with van der Waals surface area (Å²) in [6.45, 7) is 6.08. The van der Waals surface area contributed by atoms with E-state index in [1.165, 1.54) is 61.4 Å². The van der Waals surface area contributed by atoms with Crippen molar-refractivity contribution >= 4 is 17.9 Å². The van der Waals surface area contributed by atoms with Crippen LogP contribution in [0.5, 0.6) is 23.0 Å². The van der Waals surface area contributed by atoms with Gasteiger partial charge >= 0.3 is 17.9 Å². The first-order chi connectivity index (χ1) is 18.0. The summed E-state index contributed by atoms with van der Waals surface area (Å²) < 4.78 is 16.4. The molecule has 3 rings (SSSR count). The molecule has 8 nitrogen and oxygen atoms in total. The maximum Gasteiger partial charge on any atom is 0.378 e. The normalized spacial score (nSPS) is 10.2. The van der Waals surface area contributed by atoms with Crippen LogP contribution in [0.25, 0.3) is 0 Å². The fourth-order valence-electron chi connectivity index (χ4n) is 3.08. The molecule has 0 saturated heterocycles. The average Bonchev–Trinajstić information content (AvgIpc) is 2.93. The minimum absolute atomic E-state index is 0.221. The van der Waals surface area contributed by atoms with E-state index in [0.717, 1.165) is 24.7 Å². The van der Waals surface area contributed by atoms with Gasteiger partial charge in [-0.15, -0.1) is 0 Å². The monoisotopic (exact) mass is 504 g/mol. The standard InChI is InChI=1S/C29H28O8/c1-3-5-6-7-20-33-23-16-18-25(19-17-23)35-28(31)21-8-12-24(13-9-21)34-29(32)22-10-14-26(15-11-22)36-37-27(30)4-2/h4,8-19H,2-3,5-7,20H2,1H3. The minimum Gasteiger partial charge on any atom is -0.494 e. The van der Waals surface area contributed by atoms with Crippen LogP contribution in [0.1, 0.15) is 53.3 Å². The summed E-state index contributed by atoms with van der Waals surface area (Å²) in [7, 11) is 0. The number of ether oxygens (including phenoxy) is 3. The van der Waals surface area contributed by atoms with Crippen LogP contribution in [0.2, 0.25) is 0 Å². The summed E-state index contributed by atoms with van der Waals surface area (Å²) >= 11 is 0. The minimum atomic E-state index is -0.744. The van der Waals surface area contributed by atoms with E-state index in [0.29, 0.717) is 17.9 Å². The molecule has 0 atom stereocenters. The third-order valence-electron chi connectivity index (χ3n) is 5.08. The number of hydrogen-bond donors (Lipinski definition) is 0. The molecule has 0 N–H and O–H groups in total. The van der Waals surface area contributed by atoms with Gasteiger partial charge in [-0.3, -0.25) is 4.89 Å². The Morgan fingerprint density at radius 1 is 0.676 bits per heavy atom. The Balaban J connectivity index is 1.47. The van der Waals surface area contributed by atoms with Gasteiger partial charge in [-0.25, -0.2) is 19.3 Å². The summed E-state index contributed by atoms with van der Waals surface area (Å²) in [6, 6.07) is 18.7. The Morgan fingerprint density at radius 3 is 1.68 bits per heavy atom. The fraction of sp³-hybridized carbons (Fsp3) is 0.207. The van der Waals surface area contributed by atoms with E-state index in [1.807, 2.05) is 0 Å². The van der Waals surface area contributed by atoms with Crippen LogP contribution < -0.4 is 19.1 Å². The van der Waals surface area contributed by atoms with E-state index < -0.39 is 17.9 Å². The summed E-state index contributed by atoms with van der Waals surface area (Å²) in [5, 5.41) is 0. The number of carbonyl (C=O) groups excluding carboxylic acids is 3. The maximum atomic E-state index is 12.5. The third-order valence-corrected chi connectivity index (χ3v) is 5.08. The number of benzene rings is 3. The zero-order valence-electron chi connectivity index (χ0n) is 20.5. The largest absolute Gasteiger partial charge is 0.494 e. The van der Waals surface area contributed by atoms with Gasteiger partial charge in [0, 0.05) is 6.08 Å². The molecule has 0 aliphatic heterocycles. The van der Waals surface area contributed by atoms with Crippen molar-refractivity contribution in [3.8, 4) is 23.0 Å². The smallest absolute Gasteiger partial charge is 0.378 e. The van der Waals surface area contributed by atoms with Crippen LogP contribution in [0.3, 0.4) is 0 Å². The number of unbranched alkanes of at least 4 members (excludes halogenated alkanes) is 3. The maximum absolute atomic E-state index is 12.5. The molecule has 0 fully saturated rings. The predicted molar refractivity (Wildman–Crippen MR) is 136 cm³/mol. The first kappa shape index (κ1) is 27.0. The molecule has 0 radical (unpaired) electrons. The second-order valence-electron chi connectivity index (χ2n) is 7.90. The van der Waals surface area contributed by atoms with E-state index in [2.05, 4.69) is 18.4 Å². The lowest BCUT2D eigenvalue weighted by Crippen LogP contribution is -2.10. The second kappa shape index (κ2) is 14.1. The van der Waals surface area contributed by atoms with Gasteiger partial charge in [0.1, 0.15) is 17.2 Å². The highest BCUT2D eigenvalue weighted by Crippen LogP contribution is 2.21. The Bertz CT molecular complexity index is 1180. The van der Waals surface area contributed by atoms with Gasteiger partial charge < -0.3 is 14.2 Å². The lowest BCUT2D eigenvalue weighted by Gasteiger charge is -2.08. The van der Waals surface area contributed by atoms with Gasteiger partial charge in [-0.2, -0.15) is 0 Å². The van der Waals surface area contributed by atoms with Crippen molar-refractivity contribution in [3.05, 3.63) is 96.6 Å². The predicted octanol–water partition coefficient (Wildman–Crippen LogP) is 6.11. The van der Waals surface area contributed by atoms with Crippen LogP contribution in [-0.4, -0.2) is 24.5 Å². The summed E-state index contributed by atoms with van der Waals surface area (Å²) in [6.07, 6.45) is 5.48. The molecule has 0 aromatic heterocycles. The zero-order valence-corrected chi connectivity index (χ0v) is 20.5. The molecule has 3 aromatic carbocycles. The zero-order chi connectivity index (χ0) is 26.5. The molecular weight excluding hydrogens is 476 g/mol. The molecule has 0 amide bonds. The molecule has 0 heterocycles. The van der Waals surface area contributed by atoms with Gasteiger partial charge in [-0.1, -0.05) is 32.8 Å². The van der Waals surface area contributed by atoms with Gasteiger partial charge in [0.05, 0.1) is 17.7 Å². The molecule has 192 valence electrons. The van der Waals surface area contributed by atoms with Crippen LogP contribution in [0.4, 0.5) is 0 Å². The Morgan fingerprint density at radius 2 is 1.16 bits per heavy atom. The number of carbonyl (C=O) groups is 3. The average molecular weight is 505 g/mol. The van der Waals surface area contributed by atoms with Crippen molar-refractivity contribution in [3.63, 3.8) is 0 Å². The second-order valence-corrected chi connectivity index (χ2v) is 7.90. The molecule has 8 heteroatoms. The molecule has 0 aliphatic carbocycles. The Hall–Kier alpha value is -4.59.